The number of nitrogens with zero attached hydrogens (tertiary/aromatic N) is 2. The van der Waals surface area contributed by atoms with Crippen molar-refractivity contribution in [3.63, 3.8) is 0 Å². The number of thioether (sulfide) groups is 1. The molecule has 30 heavy (non-hydrogen) atoms. The number of urea groups is 1. The number of pyridine rings is 1. The van der Waals surface area contributed by atoms with E-state index >= 15 is 0 Å². The molecule has 2 aliphatic rings. The van der Waals surface area contributed by atoms with Crippen LogP contribution in [0.1, 0.15) is 5.56 Å². The number of carbonyl (C=O) groups is 2. The van der Waals surface area contributed by atoms with E-state index in [-0.39, 0.29) is 10.6 Å². The number of nitrogens with one attached hydrogen (secondary N) is 1. The van der Waals surface area contributed by atoms with Crippen LogP contribution in [0.2, 0.25) is 5.02 Å². The highest BCUT2D eigenvalue weighted by molar-refractivity contribution is 8.09. The lowest BCUT2D eigenvalue weighted by Crippen LogP contribution is -2.60. The molecule has 0 saturated carbocycles. The Morgan fingerprint density at radius 3 is 2.70 bits per heavy atom. The van der Waals surface area contributed by atoms with Crippen LogP contribution >= 0.6 is 23.4 Å². The summed E-state index contributed by atoms with van der Waals surface area (Å²) < 4.78 is 27.1. The van der Waals surface area contributed by atoms with Gasteiger partial charge in [-0.15, -0.1) is 11.8 Å². The molecule has 3 aromatic rings. The molecule has 1 fully saturated rings. The highest BCUT2D eigenvalue weighted by atomic mass is 35.5. The van der Waals surface area contributed by atoms with Gasteiger partial charge in [0, 0.05) is 27.4 Å². The minimum absolute atomic E-state index is 0.0279. The van der Waals surface area contributed by atoms with Crippen LogP contribution in [0.15, 0.2) is 54.9 Å². The van der Waals surface area contributed by atoms with Crippen LogP contribution in [-0.4, -0.2) is 28.2 Å². The molecule has 0 radical (unpaired) electrons. The minimum Gasteiger partial charge on any atom is -0.329 e. The molecule has 5 rings (SSSR count). The van der Waals surface area contributed by atoms with E-state index in [4.69, 9.17) is 11.6 Å². The van der Waals surface area contributed by atoms with E-state index in [0.29, 0.717) is 16.0 Å². The molecule has 3 heterocycles. The Morgan fingerprint density at radius 1 is 1.10 bits per heavy atom. The third-order valence-corrected chi connectivity index (χ3v) is 6.70. The minimum atomic E-state index is -1.05. The lowest BCUT2D eigenvalue weighted by molar-refractivity contribution is -0.118. The first-order valence-electron chi connectivity index (χ1n) is 8.94. The summed E-state index contributed by atoms with van der Waals surface area (Å²) in [6.07, 6.45) is 4.77. The Morgan fingerprint density at radius 2 is 1.87 bits per heavy atom. The van der Waals surface area contributed by atoms with Crippen LogP contribution < -0.4 is 10.2 Å². The fourth-order valence-corrected chi connectivity index (χ4v) is 5.23. The van der Waals surface area contributed by atoms with Gasteiger partial charge in [-0.1, -0.05) is 35.9 Å². The zero-order valence-corrected chi connectivity index (χ0v) is 16.7. The number of imide groups is 1. The van der Waals surface area contributed by atoms with Crippen LogP contribution in [0.3, 0.4) is 0 Å². The molecule has 5 nitrogen and oxygen atoms in total. The van der Waals surface area contributed by atoms with Gasteiger partial charge < -0.3 is 5.32 Å². The summed E-state index contributed by atoms with van der Waals surface area (Å²) in [7, 11) is 0. The fourth-order valence-electron chi connectivity index (χ4n) is 3.63. The van der Waals surface area contributed by atoms with Crippen molar-refractivity contribution in [2.24, 2.45) is 0 Å². The Balaban J connectivity index is 1.51. The van der Waals surface area contributed by atoms with Gasteiger partial charge in [-0.3, -0.25) is 9.78 Å². The average molecular weight is 444 g/mol. The fraction of sp³-hybridized carbons (Fsp3) is 0.0952. The lowest BCUT2D eigenvalue weighted by atomic mass is 10.1. The number of anilines is 1. The summed E-state index contributed by atoms with van der Waals surface area (Å²) >= 11 is 7.23. The molecule has 0 aliphatic carbocycles. The molecule has 2 unspecified atom stereocenters. The molecule has 3 amide bonds. The Bertz CT molecular complexity index is 1260. The van der Waals surface area contributed by atoms with E-state index in [0.717, 1.165) is 34.2 Å². The number of rotatable bonds is 2. The third kappa shape index (κ3) is 2.95. The average Bonchev–Trinajstić information content (AvgIpc) is 3.15. The Hall–Kier alpha value is -2.97. The number of amides is 3. The van der Waals surface area contributed by atoms with Crippen molar-refractivity contribution in [3.8, 4) is 0 Å². The maximum absolute atomic E-state index is 13.7. The quantitative estimate of drug-likeness (QED) is 0.581. The van der Waals surface area contributed by atoms with Crippen LogP contribution in [0.5, 0.6) is 0 Å². The second-order valence-corrected chi connectivity index (χ2v) is 8.43. The van der Waals surface area contributed by atoms with Gasteiger partial charge in [-0.05, 0) is 18.2 Å². The number of hydrogen-bond donors (Lipinski definition) is 1. The van der Waals surface area contributed by atoms with Gasteiger partial charge in [0.15, 0.2) is 11.6 Å². The second kappa shape index (κ2) is 7.07. The van der Waals surface area contributed by atoms with Gasteiger partial charge in [0.05, 0.1) is 22.9 Å². The second-order valence-electron chi connectivity index (χ2n) is 6.84. The Labute approximate surface area is 178 Å². The predicted octanol–water partition coefficient (Wildman–Crippen LogP) is 4.75. The standard InChI is InChI=1S/C21H12ClF2N3O2S/c22-13-6-15(24)14(23)5-12(13)18-7-16-19(30-18)20(28)27(21(29)26-16)17-9-25-8-10-3-1-2-4-11(10)17/h1-9,16,19H,(H,26,29). The van der Waals surface area contributed by atoms with Crippen molar-refractivity contribution in [3.05, 3.63) is 77.1 Å². The van der Waals surface area contributed by atoms with Gasteiger partial charge in [0.25, 0.3) is 5.91 Å². The van der Waals surface area contributed by atoms with Gasteiger partial charge in [-0.25, -0.2) is 18.5 Å². The molecule has 0 bridgehead atoms. The van der Waals surface area contributed by atoms with Crippen LogP contribution in [-0.2, 0) is 4.79 Å². The molecule has 1 aromatic heterocycles. The first-order valence-corrected chi connectivity index (χ1v) is 10.2. The SMILES string of the molecule is O=C1NC2C=C(c3cc(F)c(F)cc3Cl)SC2C(=O)N1c1cncc2ccccc12. The van der Waals surface area contributed by atoms with Crippen molar-refractivity contribution in [2.75, 3.05) is 4.90 Å². The lowest BCUT2D eigenvalue weighted by Gasteiger charge is -2.33. The summed E-state index contributed by atoms with van der Waals surface area (Å²) in [6, 6.07) is 8.03. The number of carbonyl (C=O) groups excluding carboxylic acids is 2. The van der Waals surface area contributed by atoms with E-state index in [2.05, 4.69) is 10.3 Å². The topological polar surface area (TPSA) is 62.3 Å². The van der Waals surface area contributed by atoms with Crippen LogP contribution in [0, 0.1) is 11.6 Å². The number of benzene rings is 2. The third-order valence-electron chi connectivity index (χ3n) is 5.03. The first-order chi connectivity index (χ1) is 14.4. The van der Waals surface area contributed by atoms with Crippen LogP contribution in [0.4, 0.5) is 19.3 Å². The van der Waals surface area contributed by atoms with E-state index in [9.17, 15) is 18.4 Å². The normalized spacial score (nSPS) is 20.9. The summed E-state index contributed by atoms with van der Waals surface area (Å²) in [5.74, 6) is -2.51. The monoisotopic (exact) mass is 443 g/mol. The zero-order valence-electron chi connectivity index (χ0n) is 15.1. The summed E-state index contributed by atoms with van der Waals surface area (Å²) in [4.78, 5) is 31.8. The van der Waals surface area contributed by atoms with Gasteiger partial charge in [-0.2, -0.15) is 0 Å². The molecular formula is C21H12ClF2N3O2S. The zero-order chi connectivity index (χ0) is 21.0. The van der Waals surface area contributed by atoms with Gasteiger partial charge in [0.1, 0.15) is 5.25 Å². The molecule has 2 atom stereocenters. The summed E-state index contributed by atoms with van der Waals surface area (Å²) in [6.45, 7) is 0. The van der Waals surface area contributed by atoms with E-state index in [1.54, 1.807) is 12.3 Å². The molecular weight excluding hydrogens is 432 g/mol. The molecule has 1 N–H and O–H groups in total. The Kier molecular flexibility index (Phi) is 4.48. The maximum atomic E-state index is 13.7. The molecule has 0 spiro atoms. The number of fused-ring (bicyclic) bond motifs is 2. The van der Waals surface area contributed by atoms with Gasteiger partial charge in [0.2, 0.25) is 0 Å². The number of aromatic nitrogens is 1. The molecule has 9 heteroatoms. The van der Waals surface area contributed by atoms with Crippen molar-refractivity contribution < 1.29 is 18.4 Å². The highest BCUT2D eigenvalue weighted by Gasteiger charge is 2.45. The number of hydrogen-bond acceptors (Lipinski definition) is 4. The van der Waals surface area contributed by atoms with Crippen LogP contribution in [0.25, 0.3) is 15.7 Å². The number of halogens is 3. The smallest absolute Gasteiger partial charge is 0.329 e. The predicted molar refractivity (Wildman–Crippen MR) is 112 cm³/mol. The highest BCUT2D eigenvalue weighted by Crippen LogP contribution is 2.45. The summed E-state index contributed by atoms with van der Waals surface area (Å²) in [5, 5.41) is 3.67. The van der Waals surface area contributed by atoms with Crippen molar-refractivity contribution in [1.82, 2.24) is 10.3 Å². The van der Waals surface area contributed by atoms with Crippen molar-refractivity contribution >= 4 is 56.7 Å². The van der Waals surface area contributed by atoms with Gasteiger partial charge >= 0.3 is 6.03 Å². The van der Waals surface area contributed by atoms with Crippen molar-refractivity contribution in [1.29, 1.82) is 0 Å². The largest absolute Gasteiger partial charge is 0.329 e. The molecule has 1 saturated heterocycles. The first kappa shape index (κ1) is 19.0. The molecule has 2 aromatic carbocycles. The summed E-state index contributed by atoms with van der Waals surface area (Å²) in [5.41, 5.74) is 0.657. The van der Waals surface area contributed by atoms with Crippen molar-refractivity contribution in [2.45, 2.75) is 11.3 Å². The van der Waals surface area contributed by atoms with E-state index in [1.807, 2.05) is 24.3 Å². The maximum Gasteiger partial charge on any atom is 0.329 e. The molecule has 150 valence electrons. The van der Waals surface area contributed by atoms with E-state index in [1.165, 1.54) is 6.20 Å². The van der Waals surface area contributed by atoms with E-state index < -0.39 is 34.9 Å². The molecule has 2 aliphatic heterocycles.